The highest BCUT2D eigenvalue weighted by molar-refractivity contribution is 7.89. The number of nitro groups is 1. The van der Waals surface area contributed by atoms with Crippen LogP contribution in [0.4, 0.5) is 5.69 Å². The third-order valence-electron chi connectivity index (χ3n) is 3.49. The molecule has 1 saturated heterocycles. The molecule has 1 aliphatic heterocycles. The van der Waals surface area contributed by atoms with E-state index in [0.29, 0.717) is 0 Å². The Bertz CT molecular complexity index is 572. The Morgan fingerprint density at radius 2 is 1.63 bits per heavy atom. The third-order valence-corrected chi connectivity index (χ3v) is 5.64. The molecule has 0 N–H and O–H groups in total. The first-order valence-electron chi connectivity index (χ1n) is 6.12. The smallest absolute Gasteiger partial charge is 0.258 e. The number of hydrogen-bond donors (Lipinski definition) is 0. The molecule has 19 heavy (non-hydrogen) atoms. The number of nitrogens with zero attached hydrogens (tertiary/aromatic N) is 2. The number of benzene rings is 1. The summed E-state index contributed by atoms with van der Waals surface area (Å²) in [6, 6.07) is 4.97. The lowest BCUT2D eigenvalue weighted by atomic mass is 10.2. The maximum Gasteiger partial charge on any atom is 0.269 e. The van der Waals surface area contributed by atoms with Crippen LogP contribution in [0.1, 0.15) is 26.7 Å². The van der Waals surface area contributed by atoms with Gasteiger partial charge in [-0.1, -0.05) is 0 Å². The van der Waals surface area contributed by atoms with Gasteiger partial charge in [-0.3, -0.25) is 10.1 Å². The predicted octanol–water partition coefficient (Wildman–Crippen LogP) is 2.16. The van der Waals surface area contributed by atoms with Crippen LogP contribution in [0.3, 0.4) is 0 Å². The van der Waals surface area contributed by atoms with Gasteiger partial charge < -0.3 is 0 Å². The lowest BCUT2D eigenvalue weighted by Gasteiger charge is -2.25. The Labute approximate surface area is 112 Å². The Kier molecular flexibility index (Phi) is 3.60. The Morgan fingerprint density at radius 3 is 2.05 bits per heavy atom. The molecule has 1 aromatic rings. The van der Waals surface area contributed by atoms with E-state index in [9.17, 15) is 18.5 Å². The Balaban J connectivity index is 2.37. The number of sulfonamides is 1. The summed E-state index contributed by atoms with van der Waals surface area (Å²) in [7, 11) is -3.57. The average Bonchev–Trinajstić information content (AvgIpc) is 2.69. The van der Waals surface area contributed by atoms with Crippen molar-refractivity contribution in [3.63, 3.8) is 0 Å². The van der Waals surface area contributed by atoms with Gasteiger partial charge in [0.1, 0.15) is 0 Å². The normalized spacial score (nSPS) is 24.5. The van der Waals surface area contributed by atoms with E-state index in [4.69, 9.17) is 0 Å². The molecule has 104 valence electrons. The summed E-state index contributed by atoms with van der Waals surface area (Å²) in [5.74, 6) is 0. The molecule has 0 aliphatic carbocycles. The molecule has 0 saturated carbocycles. The van der Waals surface area contributed by atoms with E-state index in [1.807, 2.05) is 13.8 Å². The highest BCUT2D eigenvalue weighted by Gasteiger charge is 2.37. The molecule has 0 amide bonds. The van der Waals surface area contributed by atoms with E-state index < -0.39 is 14.9 Å². The minimum atomic E-state index is -3.57. The fourth-order valence-corrected chi connectivity index (χ4v) is 4.39. The van der Waals surface area contributed by atoms with E-state index in [1.165, 1.54) is 28.6 Å². The van der Waals surface area contributed by atoms with Crippen molar-refractivity contribution < 1.29 is 13.3 Å². The summed E-state index contributed by atoms with van der Waals surface area (Å²) in [6.45, 7) is 3.76. The van der Waals surface area contributed by atoms with Crippen LogP contribution in [0.25, 0.3) is 0 Å². The lowest BCUT2D eigenvalue weighted by Crippen LogP contribution is -2.38. The van der Waals surface area contributed by atoms with E-state index in [1.54, 1.807) is 0 Å². The topological polar surface area (TPSA) is 80.5 Å². The molecule has 1 heterocycles. The van der Waals surface area contributed by atoms with Crippen LogP contribution >= 0.6 is 0 Å². The number of rotatable bonds is 3. The van der Waals surface area contributed by atoms with Gasteiger partial charge >= 0.3 is 0 Å². The molecule has 0 radical (unpaired) electrons. The van der Waals surface area contributed by atoms with E-state index in [0.717, 1.165) is 12.8 Å². The van der Waals surface area contributed by atoms with Gasteiger partial charge in [0.05, 0.1) is 9.82 Å². The Hall–Kier alpha value is -1.47. The highest BCUT2D eigenvalue weighted by atomic mass is 32.2. The Morgan fingerprint density at radius 1 is 1.16 bits per heavy atom. The number of nitro benzene ring substituents is 1. The molecule has 1 aliphatic rings. The molecule has 0 spiro atoms. The van der Waals surface area contributed by atoms with Crippen molar-refractivity contribution in [1.29, 1.82) is 0 Å². The molecule has 0 aromatic heterocycles. The zero-order chi connectivity index (χ0) is 14.2. The molecule has 1 aromatic carbocycles. The molecule has 0 bridgehead atoms. The van der Waals surface area contributed by atoms with Crippen LogP contribution in [0.15, 0.2) is 29.2 Å². The molecule has 7 heteroatoms. The minimum absolute atomic E-state index is 0.0322. The van der Waals surface area contributed by atoms with Crippen LogP contribution in [-0.2, 0) is 10.0 Å². The van der Waals surface area contributed by atoms with Crippen molar-refractivity contribution in [2.75, 3.05) is 0 Å². The van der Waals surface area contributed by atoms with Gasteiger partial charge in [0.2, 0.25) is 10.0 Å². The molecule has 2 unspecified atom stereocenters. The molecule has 2 rings (SSSR count). The number of non-ortho nitro benzene ring substituents is 1. The van der Waals surface area contributed by atoms with Gasteiger partial charge in [-0.05, 0) is 38.8 Å². The second-order valence-electron chi connectivity index (χ2n) is 4.86. The predicted molar refractivity (Wildman–Crippen MR) is 70.3 cm³/mol. The molecular weight excluding hydrogens is 268 g/mol. The standard InChI is InChI=1S/C12H16N2O4S/c1-9-3-4-10(2)13(9)19(17,18)12-7-5-11(6-8-12)14(15)16/h5-10H,3-4H2,1-2H3. The van der Waals surface area contributed by atoms with Crippen molar-refractivity contribution in [1.82, 2.24) is 4.31 Å². The van der Waals surface area contributed by atoms with Crippen LogP contribution in [0.2, 0.25) is 0 Å². The monoisotopic (exact) mass is 284 g/mol. The first-order valence-corrected chi connectivity index (χ1v) is 7.56. The summed E-state index contributed by atoms with van der Waals surface area (Å²) < 4.78 is 26.5. The average molecular weight is 284 g/mol. The SMILES string of the molecule is CC1CCC(C)N1S(=O)(=O)c1ccc([N+](=O)[O-])cc1. The summed E-state index contributed by atoms with van der Waals surface area (Å²) in [5, 5.41) is 10.6. The second-order valence-corrected chi connectivity index (χ2v) is 6.70. The van der Waals surface area contributed by atoms with Crippen molar-refractivity contribution in [3.05, 3.63) is 34.4 Å². The maximum absolute atomic E-state index is 12.5. The van der Waals surface area contributed by atoms with Gasteiger partial charge in [0.25, 0.3) is 5.69 Å². The zero-order valence-corrected chi connectivity index (χ0v) is 11.6. The molecular formula is C12H16N2O4S. The summed E-state index contributed by atoms with van der Waals surface area (Å²) >= 11 is 0. The molecule has 2 atom stereocenters. The van der Waals surface area contributed by atoms with Crippen LogP contribution in [0.5, 0.6) is 0 Å². The van der Waals surface area contributed by atoms with Crippen LogP contribution in [-0.4, -0.2) is 29.7 Å². The fraction of sp³-hybridized carbons (Fsp3) is 0.500. The third kappa shape index (κ3) is 2.48. The first-order chi connectivity index (χ1) is 8.84. The summed E-state index contributed by atoms with van der Waals surface area (Å²) in [5.41, 5.74) is -0.110. The van der Waals surface area contributed by atoms with Gasteiger partial charge in [-0.2, -0.15) is 4.31 Å². The first kappa shape index (κ1) is 14.0. The highest BCUT2D eigenvalue weighted by Crippen LogP contribution is 2.31. The van der Waals surface area contributed by atoms with Crippen LogP contribution in [0, 0.1) is 10.1 Å². The van der Waals surface area contributed by atoms with Gasteiger partial charge in [0, 0.05) is 24.2 Å². The zero-order valence-electron chi connectivity index (χ0n) is 10.8. The van der Waals surface area contributed by atoms with Gasteiger partial charge in [0.15, 0.2) is 0 Å². The minimum Gasteiger partial charge on any atom is -0.258 e. The van der Waals surface area contributed by atoms with Crippen molar-refractivity contribution in [2.45, 2.75) is 43.7 Å². The quantitative estimate of drug-likeness (QED) is 0.629. The van der Waals surface area contributed by atoms with Gasteiger partial charge in [-0.25, -0.2) is 8.42 Å². The second kappa shape index (κ2) is 4.90. The van der Waals surface area contributed by atoms with Crippen molar-refractivity contribution in [3.8, 4) is 0 Å². The van der Waals surface area contributed by atoms with Crippen LogP contribution < -0.4 is 0 Å². The van der Waals surface area contributed by atoms with E-state index in [2.05, 4.69) is 0 Å². The number of hydrogen-bond acceptors (Lipinski definition) is 4. The summed E-state index contributed by atoms with van der Waals surface area (Å²) in [6.07, 6.45) is 1.68. The van der Waals surface area contributed by atoms with Gasteiger partial charge in [-0.15, -0.1) is 0 Å². The molecule has 1 fully saturated rings. The largest absolute Gasteiger partial charge is 0.269 e. The fourth-order valence-electron chi connectivity index (χ4n) is 2.51. The summed E-state index contributed by atoms with van der Waals surface area (Å²) in [4.78, 5) is 10.1. The van der Waals surface area contributed by atoms with Crippen molar-refractivity contribution >= 4 is 15.7 Å². The maximum atomic E-state index is 12.5. The van der Waals surface area contributed by atoms with E-state index >= 15 is 0 Å². The van der Waals surface area contributed by atoms with Crippen molar-refractivity contribution in [2.24, 2.45) is 0 Å². The lowest BCUT2D eigenvalue weighted by molar-refractivity contribution is -0.384. The van der Waals surface area contributed by atoms with E-state index in [-0.39, 0.29) is 22.7 Å². The molecule has 6 nitrogen and oxygen atoms in total.